The first-order valence-corrected chi connectivity index (χ1v) is 9.80. The maximum Gasteiger partial charge on any atom is 0.123 e. The van der Waals surface area contributed by atoms with E-state index >= 15 is 0 Å². The Balaban J connectivity index is 2.08. The summed E-state index contributed by atoms with van der Waals surface area (Å²) >= 11 is 0. The number of nitrogen functional groups attached to an aromatic ring is 1. The van der Waals surface area contributed by atoms with Crippen molar-refractivity contribution in [2.24, 2.45) is 0 Å². The highest BCUT2D eigenvalue weighted by Crippen LogP contribution is 2.41. The smallest absolute Gasteiger partial charge is 0.123 e. The Kier molecular flexibility index (Phi) is 4.90. The van der Waals surface area contributed by atoms with E-state index in [-0.39, 0.29) is 18.3 Å². The SMILES string of the molecule is CC(C)c1nc2c(c(-c3ccc(F)cc3)c1CO)CCCc1cc(N)ccc1-2. The van der Waals surface area contributed by atoms with Crippen molar-refractivity contribution in [3.8, 4) is 22.4 Å². The summed E-state index contributed by atoms with van der Waals surface area (Å²) in [6.45, 7) is 4.08. The van der Waals surface area contributed by atoms with E-state index in [2.05, 4.69) is 19.9 Å². The highest BCUT2D eigenvalue weighted by Gasteiger charge is 2.25. The second kappa shape index (κ2) is 7.36. The van der Waals surface area contributed by atoms with Gasteiger partial charge in [0.15, 0.2) is 0 Å². The number of aliphatic hydroxyl groups is 1. The Morgan fingerprint density at radius 3 is 2.54 bits per heavy atom. The molecule has 0 radical (unpaired) electrons. The van der Waals surface area contributed by atoms with Crippen molar-refractivity contribution in [2.75, 3.05) is 5.73 Å². The van der Waals surface area contributed by atoms with Gasteiger partial charge >= 0.3 is 0 Å². The fourth-order valence-corrected chi connectivity index (χ4v) is 4.26. The van der Waals surface area contributed by atoms with Crippen molar-refractivity contribution in [3.63, 3.8) is 0 Å². The van der Waals surface area contributed by atoms with Crippen molar-refractivity contribution in [2.45, 2.75) is 45.6 Å². The average Bonchev–Trinajstić information content (AvgIpc) is 2.85. The van der Waals surface area contributed by atoms with Crippen LogP contribution in [0.2, 0.25) is 0 Å². The molecule has 4 rings (SSSR count). The summed E-state index contributed by atoms with van der Waals surface area (Å²) < 4.78 is 13.6. The quantitative estimate of drug-likeness (QED) is 0.615. The van der Waals surface area contributed by atoms with E-state index in [0.29, 0.717) is 0 Å². The summed E-state index contributed by atoms with van der Waals surface area (Å²) in [6.07, 6.45) is 2.77. The molecule has 1 aromatic heterocycles. The van der Waals surface area contributed by atoms with Crippen LogP contribution in [0, 0.1) is 5.82 Å². The van der Waals surface area contributed by atoms with Gasteiger partial charge in [0, 0.05) is 22.5 Å². The Hall–Kier alpha value is -2.72. The summed E-state index contributed by atoms with van der Waals surface area (Å²) in [6, 6.07) is 12.6. The Labute approximate surface area is 165 Å². The summed E-state index contributed by atoms with van der Waals surface area (Å²) in [4.78, 5) is 5.04. The van der Waals surface area contributed by atoms with Crippen LogP contribution < -0.4 is 5.73 Å². The van der Waals surface area contributed by atoms with Gasteiger partial charge in [0.25, 0.3) is 0 Å². The fourth-order valence-electron chi connectivity index (χ4n) is 4.26. The summed E-state index contributed by atoms with van der Waals surface area (Å²) in [7, 11) is 0. The molecule has 1 heterocycles. The number of fused-ring (bicyclic) bond motifs is 3. The van der Waals surface area contributed by atoms with Crippen LogP contribution in [0.15, 0.2) is 42.5 Å². The molecular formula is C24H25FN2O. The van der Waals surface area contributed by atoms with Gasteiger partial charge in [-0.1, -0.05) is 32.0 Å². The number of aliphatic hydroxyl groups excluding tert-OH is 1. The molecule has 0 bridgehead atoms. The minimum absolute atomic E-state index is 0.0882. The van der Waals surface area contributed by atoms with Gasteiger partial charge in [-0.2, -0.15) is 0 Å². The Morgan fingerprint density at radius 1 is 1.11 bits per heavy atom. The van der Waals surface area contributed by atoms with Crippen molar-refractivity contribution >= 4 is 5.69 Å². The lowest BCUT2D eigenvalue weighted by Gasteiger charge is -2.22. The molecule has 0 unspecified atom stereocenters. The van der Waals surface area contributed by atoms with Gasteiger partial charge in [-0.05, 0) is 71.7 Å². The number of rotatable bonds is 3. The zero-order valence-electron chi connectivity index (χ0n) is 16.3. The monoisotopic (exact) mass is 376 g/mol. The predicted octanol–water partition coefficient (Wildman–Crippen LogP) is 5.24. The van der Waals surface area contributed by atoms with E-state index in [1.54, 1.807) is 12.1 Å². The van der Waals surface area contributed by atoms with Gasteiger partial charge in [0.05, 0.1) is 12.3 Å². The molecule has 3 aromatic rings. The predicted molar refractivity (Wildman–Crippen MR) is 112 cm³/mol. The molecule has 1 aliphatic carbocycles. The molecule has 0 atom stereocenters. The molecule has 0 saturated heterocycles. The highest BCUT2D eigenvalue weighted by atomic mass is 19.1. The molecule has 0 spiro atoms. The van der Waals surface area contributed by atoms with E-state index in [0.717, 1.165) is 64.2 Å². The van der Waals surface area contributed by atoms with E-state index in [1.807, 2.05) is 12.1 Å². The molecule has 0 amide bonds. The molecule has 2 aromatic carbocycles. The third-order valence-corrected chi connectivity index (χ3v) is 5.53. The Bertz CT molecular complexity index is 1030. The molecular weight excluding hydrogens is 351 g/mol. The first-order valence-electron chi connectivity index (χ1n) is 9.80. The van der Waals surface area contributed by atoms with E-state index in [4.69, 9.17) is 10.7 Å². The van der Waals surface area contributed by atoms with Crippen LogP contribution in [0.5, 0.6) is 0 Å². The number of anilines is 1. The van der Waals surface area contributed by atoms with Crippen molar-refractivity contribution in [1.82, 2.24) is 4.98 Å². The van der Waals surface area contributed by atoms with E-state index < -0.39 is 0 Å². The van der Waals surface area contributed by atoms with Crippen molar-refractivity contribution < 1.29 is 9.50 Å². The van der Waals surface area contributed by atoms with Crippen LogP contribution in [0.3, 0.4) is 0 Å². The second-order valence-corrected chi connectivity index (χ2v) is 7.77. The van der Waals surface area contributed by atoms with Crippen molar-refractivity contribution in [1.29, 1.82) is 0 Å². The number of nitrogens with two attached hydrogens (primary N) is 1. The first-order chi connectivity index (χ1) is 13.5. The van der Waals surface area contributed by atoms with Gasteiger partial charge in [-0.15, -0.1) is 0 Å². The van der Waals surface area contributed by atoms with Crippen LogP contribution in [-0.4, -0.2) is 10.1 Å². The normalized spacial score (nSPS) is 13.2. The van der Waals surface area contributed by atoms with Gasteiger partial charge < -0.3 is 10.8 Å². The fraction of sp³-hybridized carbons (Fsp3) is 0.292. The number of nitrogens with zero attached hydrogens (tertiary/aromatic N) is 1. The van der Waals surface area contributed by atoms with Crippen molar-refractivity contribution in [3.05, 3.63) is 70.7 Å². The molecule has 28 heavy (non-hydrogen) atoms. The van der Waals surface area contributed by atoms with E-state index in [1.165, 1.54) is 17.7 Å². The maximum absolute atomic E-state index is 13.6. The van der Waals surface area contributed by atoms with Gasteiger partial charge in [-0.25, -0.2) is 4.39 Å². The van der Waals surface area contributed by atoms with Crippen LogP contribution in [-0.2, 0) is 19.4 Å². The summed E-state index contributed by atoms with van der Waals surface area (Å²) in [5, 5.41) is 10.2. The number of aryl methyl sites for hydroxylation is 1. The Morgan fingerprint density at radius 2 is 1.86 bits per heavy atom. The molecule has 0 saturated carbocycles. The molecule has 144 valence electrons. The highest BCUT2D eigenvalue weighted by molar-refractivity contribution is 5.81. The molecule has 1 aliphatic rings. The van der Waals surface area contributed by atoms with E-state index in [9.17, 15) is 9.50 Å². The van der Waals surface area contributed by atoms with Crippen LogP contribution in [0.1, 0.15) is 48.6 Å². The average molecular weight is 376 g/mol. The number of aromatic nitrogens is 1. The number of hydrogen-bond donors (Lipinski definition) is 2. The lowest BCUT2D eigenvalue weighted by Crippen LogP contribution is -2.09. The topological polar surface area (TPSA) is 59.1 Å². The molecule has 0 fully saturated rings. The standard InChI is InChI=1S/C24H25FN2O/c1-14(2)23-21(13-28)22(15-6-8-17(25)9-7-15)20-5-3-4-16-12-18(26)10-11-19(16)24(20)27-23/h6-12,14,28H,3-5,13,26H2,1-2H3. The maximum atomic E-state index is 13.6. The third-order valence-electron chi connectivity index (χ3n) is 5.53. The minimum Gasteiger partial charge on any atom is -0.399 e. The number of hydrogen-bond acceptors (Lipinski definition) is 3. The molecule has 4 heteroatoms. The molecule has 0 aliphatic heterocycles. The number of benzene rings is 2. The summed E-state index contributed by atoms with van der Waals surface area (Å²) in [5.41, 5.74) is 14.9. The van der Waals surface area contributed by atoms with Gasteiger partial charge in [0.2, 0.25) is 0 Å². The first kappa shape index (κ1) is 18.6. The van der Waals surface area contributed by atoms with Crippen LogP contribution in [0.4, 0.5) is 10.1 Å². The van der Waals surface area contributed by atoms with Gasteiger partial charge in [0.1, 0.15) is 5.82 Å². The lowest BCUT2D eigenvalue weighted by atomic mass is 9.87. The second-order valence-electron chi connectivity index (χ2n) is 7.77. The van der Waals surface area contributed by atoms with Crippen LogP contribution in [0.25, 0.3) is 22.4 Å². The zero-order valence-corrected chi connectivity index (χ0v) is 16.3. The van der Waals surface area contributed by atoms with Gasteiger partial charge in [-0.3, -0.25) is 4.98 Å². The molecule has 3 nitrogen and oxygen atoms in total. The largest absolute Gasteiger partial charge is 0.399 e. The van der Waals surface area contributed by atoms with Crippen LogP contribution >= 0.6 is 0 Å². The third kappa shape index (κ3) is 3.18. The number of pyridine rings is 1. The zero-order chi connectivity index (χ0) is 19.8. The minimum atomic E-state index is -0.264. The number of halogens is 1. The lowest BCUT2D eigenvalue weighted by molar-refractivity contribution is 0.280. The molecule has 3 N–H and O–H groups in total. The summed E-state index contributed by atoms with van der Waals surface area (Å²) in [5.74, 6) is -0.105.